The molecule has 1 heterocycles. The molecule has 1 amide bonds. The number of hydrogen-bond acceptors (Lipinski definition) is 8. The molecule has 194 valence electrons. The summed E-state index contributed by atoms with van der Waals surface area (Å²) in [5.74, 6) is -4.24. The number of anilines is 1. The predicted molar refractivity (Wildman–Crippen MR) is 130 cm³/mol. The summed E-state index contributed by atoms with van der Waals surface area (Å²) in [5, 5.41) is 9.63. The molecule has 2 unspecified atom stereocenters. The molecule has 36 heavy (non-hydrogen) atoms. The van der Waals surface area contributed by atoms with Gasteiger partial charge in [0.1, 0.15) is 17.9 Å². The highest BCUT2D eigenvalue weighted by Crippen LogP contribution is 2.31. The van der Waals surface area contributed by atoms with Gasteiger partial charge < -0.3 is 20.3 Å². The quantitative estimate of drug-likeness (QED) is 0.392. The fraction of sp³-hybridized carbons (Fsp3) is 0.375. The number of nitrogens with zero attached hydrogens (tertiary/aromatic N) is 2. The molecule has 0 spiro atoms. The Morgan fingerprint density at radius 3 is 2.33 bits per heavy atom. The van der Waals surface area contributed by atoms with Crippen LogP contribution in [0.25, 0.3) is 0 Å². The summed E-state index contributed by atoms with van der Waals surface area (Å²) < 4.78 is 38.4. The standard InChI is InChI=1S/C24H29N3O8S/c1-24(2,3)35-23(31)20(22(29)30)21(25)16-6-5-7-17(12-16)26-14-19(28)27(36(26,32)33)13-15-8-10-18(34-4)11-9-15/h5-12,20-21H,13-14,25H2,1-4H3,(H,29,30). The lowest BCUT2D eigenvalue weighted by atomic mass is 9.93. The molecule has 12 heteroatoms. The average Bonchev–Trinajstić information content (AvgIpc) is 3.01. The Hall–Kier alpha value is -3.64. The van der Waals surface area contributed by atoms with Gasteiger partial charge >= 0.3 is 22.1 Å². The maximum atomic E-state index is 13.2. The Balaban J connectivity index is 1.87. The first-order valence-electron chi connectivity index (χ1n) is 11.0. The molecule has 1 aliphatic heterocycles. The summed E-state index contributed by atoms with van der Waals surface area (Å²) in [6.45, 7) is 4.20. The van der Waals surface area contributed by atoms with Gasteiger partial charge in [-0.05, 0) is 56.2 Å². The molecule has 0 radical (unpaired) electrons. The highest BCUT2D eigenvalue weighted by Gasteiger charge is 2.43. The highest BCUT2D eigenvalue weighted by atomic mass is 32.2. The molecule has 2 aromatic rings. The number of benzene rings is 2. The van der Waals surface area contributed by atoms with E-state index in [-0.39, 0.29) is 17.8 Å². The number of carbonyl (C=O) groups excluding carboxylic acids is 2. The number of hydrogen-bond donors (Lipinski definition) is 2. The zero-order valence-electron chi connectivity index (χ0n) is 20.4. The van der Waals surface area contributed by atoms with E-state index in [9.17, 15) is 27.9 Å². The molecule has 2 atom stereocenters. The van der Waals surface area contributed by atoms with Gasteiger partial charge in [0, 0.05) is 0 Å². The van der Waals surface area contributed by atoms with Crippen molar-refractivity contribution < 1.29 is 37.4 Å². The third kappa shape index (κ3) is 5.77. The van der Waals surface area contributed by atoms with Crippen LogP contribution in [0.2, 0.25) is 0 Å². The Morgan fingerprint density at radius 1 is 1.14 bits per heavy atom. The van der Waals surface area contributed by atoms with Gasteiger partial charge in [0.2, 0.25) is 0 Å². The highest BCUT2D eigenvalue weighted by molar-refractivity contribution is 7.91. The summed E-state index contributed by atoms with van der Waals surface area (Å²) in [6.07, 6.45) is 0. The second-order valence-corrected chi connectivity index (χ2v) is 11.0. The van der Waals surface area contributed by atoms with E-state index in [1.165, 1.54) is 31.4 Å². The molecule has 3 N–H and O–H groups in total. The van der Waals surface area contributed by atoms with E-state index >= 15 is 0 Å². The Labute approximate surface area is 209 Å². The number of methoxy groups -OCH3 is 1. The van der Waals surface area contributed by atoms with E-state index in [4.69, 9.17) is 15.2 Å². The van der Waals surface area contributed by atoms with Crippen LogP contribution in [0.3, 0.4) is 0 Å². The number of ether oxygens (including phenoxy) is 2. The normalized spacial score (nSPS) is 17.0. The van der Waals surface area contributed by atoms with Gasteiger partial charge in [-0.15, -0.1) is 0 Å². The maximum absolute atomic E-state index is 13.2. The van der Waals surface area contributed by atoms with Crippen LogP contribution in [-0.4, -0.2) is 54.9 Å². The second-order valence-electron chi connectivity index (χ2n) is 9.23. The Bertz CT molecular complexity index is 1250. The number of aliphatic carboxylic acids is 1. The van der Waals surface area contributed by atoms with Crippen LogP contribution in [-0.2, 0) is 35.9 Å². The number of rotatable bonds is 8. The van der Waals surface area contributed by atoms with Crippen molar-refractivity contribution in [2.24, 2.45) is 11.7 Å². The third-order valence-corrected chi connectivity index (χ3v) is 7.21. The number of nitrogens with two attached hydrogens (primary N) is 1. The molecule has 0 saturated carbocycles. The van der Waals surface area contributed by atoms with Gasteiger partial charge in [-0.2, -0.15) is 8.42 Å². The minimum absolute atomic E-state index is 0.113. The zero-order chi connectivity index (χ0) is 26.8. The van der Waals surface area contributed by atoms with Crippen LogP contribution in [0.4, 0.5) is 5.69 Å². The molecule has 0 bridgehead atoms. The van der Waals surface area contributed by atoms with Crippen molar-refractivity contribution in [2.45, 2.75) is 39.0 Å². The van der Waals surface area contributed by atoms with E-state index in [0.29, 0.717) is 11.3 Å². The van der Waals surface area contributed by atoms with E-state index < -0.39 is 52.2 Å². The molecular formula is C24H29N3O8S. The zero-order valence-corrected chi connectivity index (χ0v) is 21.2. The van der Waals surface area contributed by atoms with Crippen LogP contribution in [0, 0.1) is 5.92 Å². The summed E-state index contributed by atoms with van der Waals surface area (Å²) in [4.78, 5) is 37.0. The van der Waals surface area contributed by atoms with Crippen LogP contribution < -0.4 is 14.8 Å². The first-order chi connectivity index (χ1) is 16.7. The molecule has 2 aromatic carbocycles. The van der Waals surface area contributed by atoms with Gasteiger partial charge in [0.25, 0.3) is 5.91 Å². The van der Waals surface area contributed by atoms with Crippen molar-refractivity contribution in [1.29, 1.82) is 0 Å². The number of carboxylic acid groups (broad SMARTS) is 1. The van der Waals surface area contributed by atoms with Crippen LogP contribution >= 0.6 is 0 Å². The lowest BCUT2D eigenvalue weighted by Gasteiger charge is -2.26. The summed E-state index contributed by atoms with van der Waals surface area (Å²) in [5.41, 5.74) is 6.11. The van der Waals surface area contributed by atoms with Gasteiger partial charge in [-0.3, -0.25) is 14.4 Å². The number of carboxylic acids is 1. The summed E-state index contributed by atoms with van der Waals surface area (Å²) >= 11 is 0. The number of amides is 1. The van der Waals surface area contributed by atoms with Crippen molar-refractivity contribution in [3.05, 3.63) is 59.7 Å². The van der Waals surface area contributed by atoms with E-state index in [2.05, 4.69) is 0 Å². The van der Waals surface area contributed by atoms with E-state index in [0.717, 1.165) is 8.61 Å². The molecule has 0 aliphatic carbocycles. The molecule has 1 aliphatic rings. The number of esters is 1. The molecule has 11 nitrogen and oxygen atoms in total. The fourth-order valence-electron chi connectivity index (χ4n) is 3.67. The third-order valence-electron chi connectivity index (χ3n) is 5.43. The minimum atomic E-state index is -4.23. The Kier molecular flexibility index (Phi) is 7.60. The lowest BCUT2D eigenvalue weighted by Crippen LogP contribution is -2.39. The predicted octanol–water partition coefficient (Wildman–Crippen LogP) is 1.83. The first-order valence-corrected chi connectivity index (χ1v) is 12.4. The van der Waals surface area contributed by atoms with Crippen molar-refractivity contribution in [2.75, 3.05) is 18.0 Å². The number of carbonyl (C=O) groups is 3. The SMILES string of the molecule is COc1ccc(CN2C(=O)CN(c3cccc(C(N)C(C(=O)O)C(=O)OC(C)(C)C)c3)S2(=O)=O)cc1. The first kappa shape index (κ1) is 27.0. The van der Waals surface area contributed by atoms with Crippen LogP contribution in [0.1, 0.15) is 37.9 Å². The molecular weight excluding hydrogens is 490 g/mol. The van der Waals surface area contributed by atoms with Gasteiger partial charge in [0.15, 0.2) is 5.92 Å². The lowest BCUT2D eigenvalue weighted by molar-refractivity contribution is -0.167. The molecule has 3 rings (SSSR count). The maximum Gasteiger partial charge on any atom is 0.329 e. The summed E-state index contributed by atoms with van der Waals surface area (Å²) in [6, 6.07) is 11.1. The topological polar surface area (TPSA) is 157 Å². The van der Waals surface area contributed by atoms with Gasteiger partial charge in [0.05, 0.1) is 25.4 Å². The Morgan fingerprint density at radius 2 is 1.78 bits per heavy atom. The van der Waals surface area contributed by atoms with Gasteiger partial charge in [-0.25, -0.2) is 8.61 Å². The van der Waals surface area contributed by atoms with Gasteiger partial charge in [-0.1, -0.05) is 24.3 Å². The van der Waals surface area contributed by atoms with E-state index in [1.807, 2.05) is 0 Å². The summed E-state index contributed by atoms with van der Waals surface area (Å²) in [7, 11) is -2.72. The van der Waals surface area contributed by atoms with Crippen molar-refractivity contribution >= 4 is 33.7 Å². The largest absolute Gasteiger partial charge is 0.497 e. The van der Waals surface area contributed by atoms with E-state index in [1.54, 1.807) is 45.0 Å². The molecule has 1 fully saturated rings. The molecule has 0 aromatic heterocycles. The van der Waals surface area contributed by atoms with Crippen LogP contribution in [0.5, 0.6) is 5.75 Å². The minimum Gasteiger partial charge on any atom is -0.497 e. The van der Waals surface area contributed by atoms with Crippen LogP contribution in [0.15, 0.2) is 48.5 Å². The monoisotopic (exact) mass is 519 g/mol. The van der Waals surface area contributed by atoms with Crippen molar-refractivity contribution in [1.82, 2.24) is 4.31 Å². The second kappa shape index (κ2) is 10.2. The van der Waals surface area contributed by atoms with Crippen molar-refractivity contribution in [3.63, 3.8) is 0 Å². The average molecular weight is 520 g/mol. The smallest absolute Gasteiger partial charge is 0.329 e. The molecule has 1 saturated heterocycles. The van der Waals surface area contributed by atoms with Crippen molar-refractivity contribution in [3.8, 4) is 5.75 Å². The fourth-order valence-corrected chi connectivity index (χ4v) is 5.19.